The molecule has 0 aromatic heterocycles. The third-order valence-electron chi connectivity index (χ3n) is 6.01. The van der Waals surface area contributed by atoms with Crippen molar-refractivity contribution in [1.29, 1.82) is 0 Å². The van der Waals surface area contributed by atoms with Gasteiger partial charge in [0.2, 0.25) is 5.91 Å². The van der Waals surface area contributed by atoms with Crippen LogP contribution in [-0.2, 0) is 11.2 Å². The Labute approximate surface area is 145 Å². The number of piperidine rings is 2. The number of likely N-dealkylation sites (tertiary alicyclic amines) is 2. The van der Waals surface area contributed by atoms with Crippen molar-refractivity contribution in [3.8, 4) is 0 Å². The molecule has 4 nitrogen and oxygen atoms in total. The van der Waals surface area contributed by atoms with E-state index < -0.39 is 0 Å². The van der Waals surface area contributed by atoms with Crippen molar-refractivity contribution in [2.45, 2.75) is 44.6 Å². The fourth-order valence-corrected chi connectivity index (χ4v) is 4.60. The molecule has 0 N–H and O–H groups in total. The largest absolute Gasteiger partial charge is 0.311 e. The number of nitrogens with zero attached hydrogens (tertiary/aromatic N) is 3. The van der Waals surface area contributed by atoms with E-state index in [4.69, 9.17) is 0 Å². The SMILES string of the molecule is O=C(CN1CCC(N2CCCCC2)CC1)N1CCc2ccccc21. The van der Waals surface area contributed by atoms with Crippen molar-refractivity contribution in [2.24, 2.45) is 0 Å². The summed E-state index contributed by atoms with van der Waals surface area (Å²) < 4.78 is 0. The summed E-state index contributed by atoms with van der Waals surface area (Å²) in [7, 11) is 0. The Balaban J connectivity index is 1.29. The number of fused-ring (bicyclic) bond motifs is 1. The first-order valence-corrected chi connectivity index (χ1v) is 9.66. The molecule has 2 saturated heterocycles. The quantitative estimate of drug-likeness (QED) is 0.853. The monoisotopic (exact) mass is 327 g/mol. The third kappa shape index (κ3) is 3.35. The standard InChI is InChI=1S/C20H29N3O/c24-20(23-15-8-17-6-2-3-7-19(17)23)16-21-13-9-18(10-14-21)22-11-4-1-5-12-22/h2-3,6-7,18H,1,4-5,8-16H2. The van der Waals surface area contributed by atoms with E-state index >= 15 is 0 Å². The van der Waals surface area contributed by atoms with Gasteiger partial charge in [0.15, 0.2) is 0 Å². The van der Waals surface area contributed by atoms with Gasteiger partial charge in [-0.2, -0.15) is 0 Å². The predicted molar refractivity (Wildman–Crippen MR) is 97.4 cm³/mol. The maximum absolute atomic E-state index is 12.7. The molecule has 0 atom stereocenters. The van der Waals surface area contributed by atoms with Gasteiger partial charge in [0.05, 0.1) is 6.54 Å². The first kappa shape index (κ1) is 16.1. The number of anilines is 1. The van der Waals surface area contributed by atoms with Crippen LogP contribution in [-0.4, -0.2) is 61.0 Å². The molecular weight excluding hydrogens is 298 g/mol. The molecule has 0 bridgehead atoms. The molecule has 3 heterocycles. The maximum atomic E-state index is 12.7. The van der Waals surface area contributed by atoms with Gasteiger partial charge in [-0.3, -0.25) is 9.69 Å². The highest BCUT2D eigenvalue weighted by atomic mass is 16.2. The highest BCUT2D eigenvalue weighted by molar-refractivity contribution is 5.96. The molecule has 130 valence electrons. The number of benzene rings is 1. The zero-order valence-electron chi connectivity index (χ0n) is 14.6. The van der Waals surface area contributed by atoms with Crippen LogP contribution in [0.1, 0.15) is 37.7 Å². The van der Waals surface area contributed by atoms with Crippen LogP contribution in [0.2, 0.25) is 0 Å². The van der Waals surface area contributed by atoms with Crippen LogP contribution in [0.25, 0.3) is 0 Å². The fraction of sp³-hybridized carbons (Fsp3) is 0.650. The second-order valence-electron chi connectivity index (χ2n) is 7.53. The first-order chi connectivity index (χ1) is 11.8. The zero-order chi connectivity index (χ0) is 16.4. The summed E-state index contributed by atoms with van der Waals surface area (Å²) in [5.41, 5.74) is 2.44. The number of hydrogen-bond donors (Lipinski definition) is 0. The van der Waals surface area contributed by atoms with E-state index in [9.17, 15) is 4.79 Å². The highest BCUT2D eigenvalue weighted by Gasteiger charge is 2.29. The minimum Gasteiger partial charge on any atom is -0.311 e. The van der Waals surface area contributed by atoms with Crippen LogP contribution in [0.4, 0.5) is 5.69 Å². The van der Waals surface area contributed by atoms with Crippen molar-refractivity contribution < 1.29 is 4.79 Å². The molecule has 0 aliphatic carbocycles. The Morgan fingerprint density at radius 1 is 0.958 bits per heavy atom. The van der Waals surface area contributed by atoms with Crippen molar-refractivity contribution in [3.63, 3.8) is 0 Å². The van der Waals surface area contributed by atoms with Crippen LogP contribution in [0.3, 0.4) is 0 Å². The molecule has 2 fully saturated rings. The van der Waals surface area contributed by atoms with Gasteiger partial charge in [-0.25, -0.2) is 0 Å². The van der Waals surface area contributed by atoms with Gasteiger partial charge in [0.1, 0.15) is 0 Å². The zero-order valence-corrected chi connectivity index (χ0v) is 14.6. The third-order valence-corrected chi connectivity index (χ3v) is 6.01. The van der Waals surface area contributed by atoms with E-state index in [2.05, 4.69) is 28.0 Å². The van der Waals surface area contributed by atoms with E-state index in [0.717, 1.165) is 37.8 Å². The molecule has 4 rings (SSSR count). The molecule has 4 heteroatoms. The van der Waals surface area contributed by atoms with E-state index in [1.54, 1.807) is 0 Å². The summed E-state index contributed by atoms with van der Waals surface area (Å²) in [4.78, 5) is 19.8. The van der Waals surface area contributed by atoms with Gasteiger partial charge < -0.3 is 9.80 Å². The van der Waals surface area contributed by atoms with Crippen molar-refractivity contribution in [2.75, 3.05) is 44.2 Å². The van der Waals surface area contributed by atoms with Gasteiger partial charge in [0, 0.05) is 31.4 Å². The number of carbonyl (C=O) groups excluding carboxylic acids is 1. The number of rotatable bonds is 3. The second-order valence-corrected chi connectivity index (χ2v) is 7.53. The maximum Gasteiger partial charge on any atom is 0.241 e. The van der Waals surface area contributed by atoms with Gasteiger partial charge in [-0.1, -0.05) is 24.6 Å². The summed E-state index contributed by atoms with van der Waals surface area (Å²) >= 11 is 0. The summed E-state index contributed by atoms with van der Waals surface area (Å²) in [5, 5.41) is 0. The van der Waals surface area contributed by atoms with Crippen LogP contribution in [0.5, 0.6) is 0 Å². The van der Waals surface area contributed by atoms with Gasteiger partial charge in [-0.15, -0.1) is 0 Å². The Bertz CT molecular complexity index is 574. The fourth-order valence-electron chi connectivity index (χ4n) is 4.60. The van der Waals surface area contributed by atoms with Gasteiger partial charge >= 0.3 is 0 Å². The predicted octanol–water partition coefficient (Wildman–Crippen LogP) is 2.53. The molecule has 0 saturated carbocycles. The Morgan fingerprint density at radius 3 is 2.50 bits per heavy atom. The number of hydrogen-bond acceptors (Lipinski definition) is 3. The molecule has 3 aliphatic rings. The minimum absolute atomic E-state index is 0.274. The van der Waals surface area contributed by atoms with E-state index in [0.29, 0.717) is 6.54 Å². The van der Waals surface area contributed by atoms with E-state index in [1.165, 1.54) is 50.8 Å². The van der Waals surface area contributed by atoms with Crippen LogP contribution in [0.15, 0.2) is 24.3 Å². The molecule has 0 unspecified atom stereocenters. The molecule has 0 spiro atoms. The van der Waals surface area contributed by atoms with Crippen LogP contribution in [0, 0.1) is 0 Å². The highest BCUT2D eigenvalue weighted by Crippen LogP contribution is 2.28. The van der Waals surface area contributed by atoms with Crippen molar-refractivity contribution in [1.82, 2.24) is 9.80 Å². The number of carbonyl (C=O) groups is 1. The smallest absolute Gasteiger partial charge is 0.241 e. The molecule has 1 amide bonds. The van der Waals surface area contributed by atoms with Gasteiger partial charge in [-0.05, 0) is 56.8 Å². The summed E-state index contributed by atoms with van der Waals surface area (Å²) in [6.07, 6.45) is 7.59. The first-order valence-electron chi connectivity index (χ1n) is 9.66. The number of amides is 1. The summed E-state index contributed by atoms with van der Waals surface area (Å²) in [6, 6.07) is 9.09. The Hall–Kier alpha value is -1.39. The minimum atomic E-state index is 0.274. The van der Waals surface area contributed by atoms with Crippen molar-refractivity contribution in [3.05, 3.63) is 29.8 Å². The summed E-state index contributed by atoms with van der Waals surface area (Å²) in [6.45, 7) is 6.15. The molecule has 1 aromatic rings. The van der Waals surface area contributed by atoms with Crippen LogP contribution >= 0.6 is 0 Å². The second kappa shape index (κ2) is 7.24. The van der Waals surface area contributed by atoms with E-state index in [1.807, 2.05) is 11.0 Å². The van der Waals surface area contributed by atoms with E-state index in [-0.39, 0.29) is 5.91 Å². The molecule has 0 radical (unpaired) electrons. The lowest BCUT2D eigenvalue weighted by atomic mass is 10.00. The normalized spacial score (nSPS) is 23.4. The van der Waals surface area contributed by atoms with Crippen molar-refractivity contribution >= 4 is 11.6 Å². The molecule has 1 aromatic carbocycles. The topological polar surface area (TPSA) is 26.8 Å². The lowest BCUT2D eigenvalue weighted by molar-refractivity contribution is -0.120. The average Bonchev–Trinajstić information content (AvgIpc) is 3.07. The lowest BCUT2D eigenvalue weighted by Crippen LogP contribution is -2.49. The molecule has 24 heavy (non-hydrogen) atoms. The average molecular weight is 327 g/mol. The Morgan fingerprint density at radius 2 is 1.71 bits per heavy atom. The summed E-state index contributed by atoms with van der Waals surface area (Å²) in [5.74, 6) is 0.274. The number of para-hydroxylation sites is 1. The van der Waals surface area contributed by atoms with Crippen LogP contribution < -0.4 is 4.90 Å². The van der Waals surface area contributed by atoms with Gasteiger partial charge in [0.25, 0.3) is 0 Å². The molecular formula is C20H29N3O. The molecule has 3 aliphatic heterocycles. The lowest BCUT2D eigenvalue weighted by Gasteiger charge is -2.40. The Kier molecular flexibility index (Phi) is 4.86.